The lowest BCUT2D eigenvalue weighted by Gasteiger charge is -2.08. The third-order valence-corrected chi connectivity index (χ3v) is 3.57. The van der Waals surface area contributed by atoms with Gasteiger partial charge in [-0.3, -0.25) is 0 Å². The minimum Gasteiger partial charge on any atom is -0.0574 e. The van der Waals surface area contributed by atoms with Crippen LogP contribution in [-0.2, 0) is 0 Å². The van der Waals surface area contributed by atoms with E-state index in [-0.39, 0.29) is 0 Å². The summed E-state index contributed by atoms with van der Waals surface area (Å²) in [6.45, 7) is 4.36. The molecule has 0 heterocycles. The predicted molar refractivity (Wildman–Crippen MR) is 64.8 cm³/mol. The molecule has 0 spiro atoms. The second-order valence-electron chi connectivity index (χ2n) is 4.01. The van der Waals surface area contributed by atoms with E-state index in [1.54, 1.807) is 5.56 Å². The Hall–Kier alpha value is -0.0500. The molecule has 69 valence electrons. The fourth-order valence-corrected chi connectivity index (χ4v) is 2.34. The highest BCUT2D eigenvalue weighted by molar-refractivity contribution is 14.1. The van der Waals surface area contributed by atoms with Crippen LogP contribution in [0.25, 0.3) is 0 Å². The van der Waals surface area contributed by atoms with Crippen molar-refractivity contribution in [1.82, 2.24) is 0 Å². The molecule has 0 aromatic heterocycles. The molecular weight excluding hydrogens is 271 g/mol. The van der Waals surface area contributed by atoms with Gasteiger partial charge in [0.25, 0.3) is 0 Å². The Bertz CT molecular complexity index is 311. The van der Waals surface area contributed by atoms with E-state index in [2.05, 4.69) is 54.6 Å². The monoisotopic (exact) mass is 285 g/mol. The quantitative estimate of drug-likeness (QED) is 0.717. The van der Waals surface area contributed by atoms with Crippen molar-refractivity contribution >= 4 is 22.6 Å². The van der Waals surface area contributed by atoms with Gasteiger partial charge in [-0.05, 0) is 64.5 Å². The molecular formula is C12H14I. The smallest absolute Gasteiger partial charge is 0.0165 e. The van der Waals surface area contributed by atoms with E-state index in [0.29, 0.717) is 0 Å². The Labute approximate surface area is 93.9 Å². The summed E-state index contributed by atoms with van der Waals surface area (Å²) < 4.78 is 1.44. The number of hydrogen-bond acceptors (Lipinski definition) is 0. The maximum Gasteiger partial charge on any atom is 0.0165 e. The van der Waals surface area contributed by atoms with Crippen LogP contribution in [0.3, 0.4) is 0 Å². The second kappa shape index (κ2) is 3.60. The second-order valence-corrected chi connectivity index (χ2v) is 5.17. The summed E-state index contributed by atoms with van der Waals surface area (Å²) in [5.74, 6) is 2.28. The van der Waals surface area contributed by atoms with Crippen LogP contribution in [0.2, 0.25) is 0 Å². The zero-order valence-corrected chi connectivity index (χ0v) is 10.3. The first kappa shape index (κ1) is 9.50. The minimum atomic E-state index is 0.867. The fraction of sp³-hybridized carbons (Fsp3) is 0.417. The van der Waals surface area contributed by atoms with Crippen molar-refractivity contribution in [1.29, 1.82) is 0 Å². The molecule has 2 rings (SSSR count). The van der Waals surface area contributed by atoms with Gasteiger partial charge >= 0.3 is 0 Å². The molecule has 0 unspecified atom stereocenters. The Morgan fingerprint density at radius 3 is 2.54 bits per heavy atom. The molecule has 1 aliphatic carbocycles. The van der Waals surface area contributed by atoms with Gasteiger partial charge in [0, 0.05) is 3.57 Å². The van der Waals surface area contributed by atoms with Crippen molar-refractivity contribution in [3.8, 4) is 0 Å². The molecule has 1 saturated carbocycles. The van der Waals surface area contributed by atoms with Crippen LogP contribution >= 0.6 is 22.6 Å². The lowest BCUT2D eigenvalue weighted by Crippen LogP contribution is -1.92. The van der Waals surface area contributed by atoms with Crippen molar-refractivity contribution in [2.75, 3.05) is 0 Å². The lowest BCUT2D eigenvalue weighted by atomic mass is 9.99. The van der Waals surface area contributed by atoms with E-state index < -0.39 is 0 Å². The molecule has 0 amide bonds. The van der Waals surface area contributed by atoms with Gasteiger partial charge in [-0.15, -0.1) is 0 Å². The van der Waals surface area contributed by atoms with E-state index in [0.717, 1.165) is 5.92 Å². The van der Waals surface area contributed by atoms with Gasteiger partial charge in [0.1, 0.15) is 0 Å². The molecule has 1 fully saturated rings. The van der Waals surface area contributed by atoms with Crippen LogP contribution in [0.5, 0.6) is 0 Å². The van der Waals surface area contributed by atoms with Crippen molar-refractivity contribution in [3.05, 3.63) is 38.8 Å². The summed E-state index contributed by atoms with van der Waals surface area (Å²) in [6, 6.07) is 6.84. The Kier molecular flexibility index (Phi) is 2.63. The zero-order chi connectivity index (χ0) is 9.42. The number of halogens is 1. The van der Waals surface area contributed by atoms with Gasteiger partial charge < -0.3 is 0 Å². The number of hydrogen-bond donors (Lipinski definition) is 0. The molecule has 1 aromatic carbocycles. The van der Waals surface area contributed by atoms with Gasteiger partial charge in [-0.25, -0.2) is 0 Å². The Morgan fingerprint density at radius 1 is 1.31 bits per heavy atom. The van der Waals surface area contributed by atoms with Crippen molar-refractivity contribution in [2.45, 2.75) is 32.6 Å². The largest absolute Gasteiger partial charge is 0.0574 e. The van der Waals surface area contributed by atoms with Gasteiger partial charge in [0.15, 0.2) is 0 Å². The van der Waals surface area contributed by atoms with Gasteiger partial charge in [0.2, 0.25) is 0 Å². The van der Waals surface area contributed by atoms with Gasteiger partial charge in [-0.2, -0.15) is 0 Å². The summed E-state index contributed by atoms with van der Waals surface area (Å²) in [5, 5.41) is 0. The highest BCUT2D eigenvalue weighted by atomic mass is 127. The SMILES string of the molecule is C[C](C)c1ccc(I)c(C2CC2)c1. The normalized spacial score (nSPS) is 16.6. The highest BCUT2D eigenvalue weighted by Crippen LogP contribution is 2.42. The molecule has 13 heavy (non-hydrogen) atoms. The summed E-state index contributed by atoms with van der Waals surface area (Å²) in [7, 11) is 0. The fourth-order valence-electron chi connectivity index (χ4n) is 1.56. The van der Waals surface area contributed by atoms with Crippen molar-refractivity contribution in [3.63, 3.8) is 0 Å². The molecule has 0 nitrogen and oxygen atoms in total. The molecule has 0 atom stereocenters. The van der Waals surface area contributed by atoms with Crippen molar-refractivity contribution < 1.29 is 0 Å². The van der Waals surface area contributed by atoms with Gasteiger partial charge in [0.05, 0.1) is 0 Å². The van der Waals surface area contributed by atoms with Crippen LogP contribution in [0.4, 0.5) is 0 Å². The van der Waals surface area contributed by atoms with Crippen LogP contribution in [0.15, 0.2) is 18.2 Å². The predicted octanol–water partition coefficient (Wildman–Crippen LogP) is 4.13. The van der Waals surface area contributed by atoms with Crippen LogP contribution in [0.1, 0.15) is 43.7 Å². The first-order chi connectivity index (χ1) is 6.18. The van der Waals surface area contributed by atoms with E-state index in [4.69, 9.17) is 0 Å². The molecule has 0 saturated heterocycles. The maximum atomic E-state index is 2.45. The number of benzene rings is 1. The van der Waals surface area contributed by atoms with E-state index >= 15 is 0 Å². The summed E-state index contributed by atoms with van der Waals surface area (Å²) in [5.41, 5.74) is 2.97. The van der Waals surface area contributed by atoms with Gasteiger partial charge in [-0.1, -0.05) is 26.0 Å². The first-order valence-electron chi connectivity index (χ1n) is 4.78. The molecule has 0 N–H and O–H groups in total. The molecule has 1 heteroatoms. The van der Waals surface area contributed by atoms with E-state index in [9.17, 15) is 0 Å². The summed E-state index contributed by atoms with van der Waals surface area (Å²) in [4.78, 5) is 0. The topological polar surface area (TPSA) is 0 Å². The third kappa shape index (κ3) is 2.06. The molecule has 1 aliphatic rings. The maximum absolute atomic E-state index is 2.45. The highest BCUT2D eigenvalue weighted by Gasteiger charge is 2.25. The molecule has 1 aromatic rings. The van der Waals surface area contributed by atoms with E-state index in [1.807, 2.05) is 0 Å². The van der Waals surface area contributed by atoms with Crippen LogP contribution < -0.4 is 0 Å². The third-order valence-electron chi connectivity index (χ3n) is 2.59. The minimum absolute atomic E-state index is 0.867. The van der Waals surface area contributed by atoms with Crippen LogP contribution in [0, 0.1) is 9.49 Å². The zero-order valence-electron chi connectivity index (χ0n) is 8.10. The van der Waals surface area contributed by atoms with E-state index in [1.165, 1.54) is 27.9 Å². The first-order valence-corrected chi connectivity index (χ1v) is 5.86. The molecule has 0 bridgehead atoms. The van der Waals surface area contributed by atoms with Crippen LogP contribution in [-0.4, -0.2) is 0 Å². The molecule has 0 aliphatic heterocycles. The Balaban J connectivity index is 2.36. The lowest BCUT2D eigenvalue weighted by molar-refractivity contribution is 1.08. The summed E-state index contributed by atoms with van der Waals surface area (Å²) >= 11 is 2.45. The Morgan fingerprint density at radius 2 is 2.00 bits per heavy atom. The average molecular weight is 285 g/mol. The standard InChI is InChI=1S/C12H14I/c1-8(2)10-5-6-12(13)11(7-10)9-3-4-9/h5-7,9H,3-4H2,1-2H3. The summed E-state index contributed by atoms with van der Waals surface area (Å²) in [6.07, 6.45) is 2.78. The average Bonchev–Trinajstić information content (AvgIpc) is 2.87. The van der Waals surface area contributed by atoms with Crippen molar-refractivity contribution in [2.24, 2.45) is 0 Å². The number of rotatable bonds is 2. The molecule has 1 radical (unpaired) electrons.